The average Bonchev–Trinajstić information content (AvgIpc) is 3.07. The lowest BCUT2D eigenvalue weighted by atomic mass is 9.88. The number of alkyl halides is 2. The average molecular weight is 401 g/mol. The molecule has 0 radical (unpaired) electrons. The lowest BCUT2D eigenvalue weighted by Gasteiger charge is -2.29. The highest BCUT2D eigenvalue weighted by atomic mass is 19.3. The number of likely N-dealkylation sites (tertiary alicyclic amines) is 1. The lowest BCUT2D eigenvalue weighted by Crippen LogP contribution is -2.25. The molecule has 0 unspecified atom stereocenters. The molecular weight excluding hydrogens is 372 g/mol. The molecule has 2 aromatic carbocycles. The molecule has 0 bridgehead atoms. The van der Waals surface area contributed by atoms with Crippen molar-refractivity contribution in [2.75, 3.05) is 6.54 Å². The van der Waals surface area contributed by atoms with Gasteiger partial charge in [-0.15, -0.1) is 0 Å². The van der Waals surface area contributed by atoms with E-state index < -0.39 is 5.92 Å². The molecule has 1 heterocycles. The first-order valence-corrected chi connectivity index (χ1v) is 10.7. The fourth-order valence-corrected chi connectivity index (χ4v) is 4.70. The summed E-state index contributed by atoms with van der Waals surface area (Å²) in [5.41, 5.74) is 0.865. The van der Waals surface area contributed by atoms with E-state index in [1.807, 2.05) is 17.0 Å². The van der Waals surface area contributed by atoms with Crippen LogP contribution < -0.4 is 4.74 Å². The predicted molar refractivity (Wildman–Crippen MR) is 110 cm³/mol. The SMILES string of the molecule is CC1CCC(Oc2ccc3c(CN4CCCC4=O)cccc3c2C(C)(F)F)CC1. The van der Waals surface area contributed by atoms with Crippen LogP contribution in [0.25, 0.3) is 10.8 Å². The molecule has 156 valence electrons. The normalized spacial score (nSPS) is 23.0. The number of hydrogen-bond donors (Lipinski definition) is 0. The molecule has 1 aliphatic carbocycles. The van der Waals surface area contributed by atoms with E-state index in [-0.39, 0.29) is 17.6 Å². The van der Waals surface area contributed by atoms with Crippen molar-refractivity contribution in [3.63, 3.8) is 0 Å². The molecule has 1 saturated carbocycles. The summed E-state index contributed by atoms with van der Waals surface area (Å²) in [6.45, 7) is 4.36. The molecule has 2 aromatic rings. The second-order valence-electron chi connectivity index (χ2n) is 8.76. The van der Waals surface area contributed by atoms with Crippen LogP contribution in [0, 0.1) is 5.92 Å². The Balaban J connectivity index is 1.71. The second-order valence-corrected chi connectivity index (χ2v) is 8.76. The van der Waals surface area contributed by atoms with Gasteiger partial charge in [0, 0.05) is 26.4 Å². The molecule has 0 N–H and O–H groups in total. The Kier molecular flexibility index (Phi) is 5.50. The predicted octanol–water partition coefficient (Wildman–Crippen LogP) is 6.03. The Morgan fingerprint density at radius 3 is 2.52 bits per heavy atom. The Morgan fingerprint density at radius 2 is 1.86 bits per heavy atom. The third-order valence-corrected chi connectivity index (χ3v) is 6.34. The molecule has 1 amide bonds. The number of rotatable bonds is 5. The van der Waals surface area contributed by atoms with E-state index in [0.717, 1.165) is 56.5 Å². The maximum atomic E-state index is 14.7. The van der Waals surface area contributed by atoms with Crippen LogP contribution in [0.5, 0.6) is 5.75 Å². The number of amides is 1. The summed E-state index contributed by atoms with van der Waals surface area (Å²) in [7, 11) is 0. The third kappa shape index (κ3) is 4.24. The summed E-state index contributed by atoms with van der Waals surface area (Å²) in [4.78, 5) is 13.8. The zero-order valence-electron chi connectivity index (χ0n) is 17.2. The minimum atomic E-state index is -3.01. The monoisotopic (exact) mass is 401 g/mol. The van der Waals surface area contributed by atoms with E-state index >= 15 is 0 Å². The summed E-state index contributed by atoms with van der Waals surface area (Å²) in [6, 6.07) is 9.05. The number of carbonyl (C=O) groups is 1. The van der Waals surface area contributed by atoms with Gasteiger partial charge in [-0.05, 0) is 60.4 Å². The quantitative estimate of drug-likeness (QED) is 0.612. The highest BCUT2D eigenvalue weighted by Gasteiger charge is 2.33. The smallest absolute Gasteiger partial charge is 0.274 e. The van der Waals surface area contributed by atoms with Crippen LogP contribution in [-0.4, -0.2) is 23.5 Å². The molecule has 3 nitrogen and oxygen atoms in total. The van der Waals surface area contributed by atoms with Crippen LogP contribution in [0.3, 0.4) is 0 Å². The van der Waals surface area contributed by atoms with Gasteiger partial charge in [0.15, 0.2) is 0 Å². The van der Waals surface area contributed by atoms with Gasteiger partial charge in [0.2, 0.25) is 5.91 Å². The van der Waals surface area contributed by atoms with Gasteiger partial charge >= 0.3 is 0 Å². The van der Waals surface area contributed by atoms with Gasteiger partial charge in [-0.3, -0.25) is 4.79 Å². The largest absolute Gasteiger partial charge is 0.490 e. The summed E-state index contributed by atoms with van der Waals surface area (Å²) >= 11 is 0. The van der Waals surface area contributed by atoms with Crippen molar-refractivity contribution in [1.82, 2.24) is 4.90 Å². The topological polar surface area (TPSA) is 29.5 Å². The molecule has 4 rings (SSSR count). The van der Waals surface area contributed by atoms with Crippen molar-refractivity contribution in [2.45, 2.75) is 70.9 Å². The van der Waals surface area contributed by atoms with Gasteiger partial charge in [0.05, 0.1) is 11.7 Å². The molecule has 0 spiro atoms. The molecular formula is C24H29F2NO2. The van der Waals surface area contributed by atoms with Crippen molar-refractivity contribution in [1.29, 1.82) is 0 Å². The van der Waals surface area contributed by atoms with E-state index in [1.54, 1.807) is 18.2 Å². The number of benzene rings is 2. The van der Waals surface area contributed by atoms with E-state index in [4.69, 9.17) is 4.74 Å². The van der Waals surface area contributed by atoms with Gasteiger partial charge in [-0.1, -0.05) is 31.2 Å². The van der Waals surface area contributed by atoms with E-state index in [9.17, 15) is 13.6 Å². The summed E-state index contributed by atoms with van der Waals surface area (Å²) in [5.74, 6) is -1.92. The van der Waals surface area contributed by atoms with Gasteiger partial charge in [0.25, 0.3) is 5.92 Å². The molecule has 1 aliphatic heterocycles. The number of halogens is 2. The van der Waals surface area contributed by atoms with Crippen LogP contribution in [-0.2, 0) is 17.3 Å². The Labute approximate surface area is 171 Å². The second kappa shape index (κ2) is 7.92. The Bertz CT molecular complexity index is 898. The molecule has 5 heteroatoms. The Morgan fingerprint density at radius 1 is 1.10 bits per heavy atom. The van der Waals surface area contributed by atoms with E-state index in [1.165, 1.54) is 0 Å². The van der Waals surface area contributed by atoms with Crippen LogP contribution in [0.15, 0.2) is 30.3 Å². The fraction of sp³-hybridized carbons (Fsp3) is 0.542. The zero-order valence-corrected chi connectivity index (χ0v) is 17.2. The van der Waals surface area contributed by atoms with E-state index in [0.29, 0.717) is 30.0 Å². The lowest BCUT2D eigenvalue weighted by molar-refractivity contribution is -0.128. The van der Waals surface area contributed by atoms with Crippen molar-refractivity contribution in [2.24, 2.45) is 5.92 Å². The number of nitrogens with zero attached hydrogens (tertiary/aromatic N) is 1. The van der Waals surface area contributed by atoms with Crippen molar-refractivity contribution in [3.05, 3.63) is 41.5 Å². The van der Waals surface area contributed by atoms with Gasteiger partial charge in [0.1, 0.15) is 5.75 Å². The number of ether oxygens (including phenoxy) is 1. The molecule has 0 aromatic heterocycles. The van der Waals surface area contributed by atoms with Crippen molar-refractivity contribution >= 4 is 16.7 Å². The minimum Gasteiger partial charge on any atom is -0.490 e. The van der Waals surface area contributed by atoms with Crippen LogP contribution in [0.4, 0.5) is 8.78 Å². The maximum absolute atomic E-state index is 14.7. The van der Waals surface area contributed by atoms with E-state index in [2.05, 4.69) is 6.92 Å². The third-order valence-electron chi connectivity index (χ3n) is 6.34. The number of carbonyl (C=O) groups excluding carboxylic acids is 1. The highest BCUT2D eigenvalue weighted by Crippen LogP contribution is 2.42. The standard InChI is InChI=1S/C24H29F2NO2/c1-16-8-10-18(11-9-16)29-21-13-12-19-17(15-27-14-4-7-22(27)28)5-3-6-20(19)23(21)24(2,25)26/h3,5-6,12-13,16,18H,4,7-11,14-15H2,1-2H3. The molecule has 2 fully saturated rings. The summed E-state index contributed by atoms with van der Waals surface area (Å²) in [5, 5.41) is 1.29. The Hall–Kier alpha value is -2.17. The van der Waals surface area contributed by atoms with Crippen LogP contribution in [0.1, 0.15) is 63.5 Å². The first kappa shape index (κ1) is 20.1. The van der Waals surface area contributed by atoms with Crippen molar-refractivity contribution < 1.29 is 18.3 Å². The number of hydrogen-bond acceptors (Lipinski definition) is 2. The summed E-state index contributed by atoms with van der Waals surface area (Å²) in [6.07, 6.45) is 5.39. The molecule has 29 heavy (non-hydrogen) atoms. The highest BCUT2D eigenvalue weighted by molar-refractivity contribution is 5.91. The number of fused-ring (bicyclic) bond motifs is 1. The van der Waals surface area contributed by atoms with Crippen LogP contribution in [0.2, 0.25) is 0 Å². The zero-order chi connectivity index (χ0) is 20.6. The molecule has 2 aliphatic rings. The maximum Gasteiger partial charge on any atom is 0.274 e. The molecule has 1 saturated heterocycles. The molecule has 0 atom stereocenters. The van der Waals surface area contributed by atoms with Crippen LogP contribution >= 0.6 is 0 Å². The van der Waals surface area contributed by atoms with Gasteiger partial charge in [-0.2, -0.15) is 0 Å². The van der Waals surface area contributed by atoms with Crippen molar-refractivity contribution in [3.8, 4) is 5.75 Å². The van der Waals surface area contributed by atoms with Gasteiger partial charge < -0.3 is 9.64 Å². The first-order valence-electron chi connectivity index (χ1n) is 10.7. The minimum absolute atomic E-state index is 0.00449. The summed E-state index contributed by atoms with van der Waals surface area (Å²) < 4.78 is 35.5. The first-order chi connectivity index (χ1) is 13.8. The fourth-order valence-electron chi connectivity index (χ4n) is 4.70. The van der Waals surface area contributed by atoms with Gasteiger partial charge in [-0.25, -0.2) is 8.78 Å².